The third-order valence-electron chi connectivity index (χ3n) is 3.05. The van der Waals surface area contributed by atoms with Gasteiger partial charge in [-0.05, 0) is 44.3 Å². The quantitative estimate of drug-likeness (QED) is 0.599. The van der Waals surface area contributed by atoms with Crippen LogP contribution in [0.5, 0.6) is 0 Å². The molecule has 0 unspecified atom stereocenters. The summed E-state index contributed by atoms with van der Waals surface area (Å²) in [4.78, 5) is 2.56. The van der Waals surface area contributed by atoms with E-state index in [1.165, 1.54) is 43.5 Å². The van der Waals surface area contributed by atoms with Crippen molar-refractivity contribution in [2.24, 2.45) is 0 Å². The van der Waals surface area contributed by atoms with Crippen molar-refractivity contribution >= 4 is 0 Å². The summed E-state index contributed by atoms with van der Waals surface area (Å²) < 4.78 is 0. The van der Waals surface area contributed by atoms with Gasteiger partial charge in [-0.25, -0.2) is 0 Å². The summed E-state index contributed by atoms with van der Waals surface area (Å²) in [5.74, 6) is 0. The number of rotatable bonds is 6. The third kappa shape index (κ3) is 4.21. The molecule has 0 radical (unpaired) electrons. The lowest BCUT2D eigenvalue weighted by molar-refractivity contribution is 0.369. The molecular weight excluding hydrogens is 182 g/mol. The zero-order chi connectivity index (χ0) is 11.1. The molecule has 1 heterocycles. The Morgan fingerprint density at radius 1 is 1.27 bits per heavy atom. The van der Waals surface area contributed by atoms with Crippen LogP contribution in [-0.2, 0) is 0 Å². The minimum absolute atomic E-state index is 1.13. The van der Waals surface area contributed by atoms with E-state index in [4.69, 9.17) is 0 Å². The number of hydrogen-bond acceptors (Lipinski definition) is 1. The van der Waals surface area contributed by atoms with E-state index in [9.17, 15) is 0 Å². The van der Waals surface area contributed by atoms with Crippen molar-refractivity contribution in [1.29, 1.82) is 0 Å². The zero-order valence-corrected chi connectivity index (χ0v) is 10.4. The van der Waals surface area contributed by atoms with Crippen LogP contribution in [0.3, 0.4) is 0 Å². The molecule has 1 aliphatic heterocycles. The molecule has 86 valence electrons. The number of nitrogens with zero attached hydrogens (tertiary/aromatic N) is 1. The Bertz CT molecular complexity index is 221. The summed E-state index contributed by atoms with van der Waals surface area (Å²) in [6.45, 7) is 12.3. The van der Waals surface area contributed by atoms with Gasteiger partial charge >= 0.3 is 0 Å². The van der Waals surface area contributed by atoms with Gasteiger partial charge in [0.25, 0.3) is 0 Å². The predicted molar refractivity (Wildman–Crippen MR) is 68.1 cm³/mol. The molecule has 1 nitrogen and oxygen atoms in total. The van der Waals surface area contributed by atoms with Crippen LogP contribution in [0.2, 0.25) is 0 Å². The molecule has 0 aliphatic carbocycles. The number of likely N-dealkylation sites (tertiary alicyclic amines) is 1. The van der Waals surface area contributed by atoms with Gasteiger partial charge in [0.1, 0.15) is 0 Å². The van der Waals surface area contributed by atoms with Gasteiger partial charge in [0.2, 0.25) is 0 Å². The van der Waals surface area contributed by atoms with Crippen LogP contribution in [0.25, 0.3) is 0 Å². The highest BCUT2D eigenvalue weighted by Gasteiger charge is 2.13. The highest BCUT2D eigenvalue weighted by atomic mass is 15.1. The molecule has 1 fully saturated rings. The Morgan fingerprint density at radius 3 is 2.47 bits per heavy atom. The highest BCUT2D eigenvalue weighted by molar-refractivity contribution is 5.29. The Morgan fingerprint density at radius 2 is 1.93 bits per heavy atom. The molecule has 15 heavy (non-hydrogen) atoms. The van der Waals surface area contributed by atoms with Gasteiger partial charge in [-0.15, -0.1) is 0 Å². The molecule has 1 saturated heterocycles. The third-order valence-corrected chi connectivity index (χ3v) is 3.05. The van der Waals surface area contributed by atoms with Gasteiger partial charge in [-0.3, -0.25) is 4.90 Å². The summed E-state index contributed by atoms with van der Waals surface area (Å²) in [5.41, 5.74) is 2.84. The van der Waals surface area contributed by atoms with E-state index in [2.05, 4.69) is 31.4 Å². The Hall–Kier alpha value is -0.560. The van der Waals surface area contributed by atoms with Gasteiger partial charge < -0.3 is 0 Å². The van der Waals surface area contributed by atoms with Crippen LogP contribution in [0.4, 0.5) is 0 Å². The summed E-state index contributed by atoms with van der Waals surface area (Å²) >= 11 is 0. The number of allylic oxidation sites excluding steroid dienone is 1. The first-order valence-corrected chi connectivity index (χ1v) is 6.37. The second-order valence-corrected chi connectivity index (χ2v) is 4.47. The fourth-order valence-corrected chi connectivity index (χ4v) is 2.21. The van der Waals surface area contributed by atoms with Gasteiger partial charge in [0, 0.05) is 6.54 Å². The van der Waals surface area contributed by atoms with Crippen LogP contribution in [-0.4, -0.2) is 24.5 Å². The van der Waals surface area contributed by atoms with Crippen molar-refractivity contribution in [1.82, 2.24) is 4.90 Å². The standard InChI is InChI=1S/C14H25N/c1-4-8-13(3)14(9-5-2)12-15-10-6-7-11-15/h9H,3-8,10-12H2,1-2H3/b14-9+. The summed E-state index contributed by atoms with van der Waals surface area (Å²) in [5, 5.41) is 0. The molecule has 0 aromatic rings. The van der Waals surface area contributed by atoms with E-state index in [1.807, 2.05) is 0 Å². The van der Waals surface area contributed by atoms with Crippen LogP contribution >= 0.6 is 0 Å². The number of hydrogen-bond donors (Lipinski definition) is 0. The van der Waals surface area contributed by atoms with Crippen molar-refractivity contribution in [2.45, 2.75) is 46.0 Å². The summed E-state index contributed by atoms with van der Waals surface area (Å²) in [6, 6.07) is 0. The summed E-state index contributed by atoms with van der Waals surface area (Å²) in [7, 11) is 0. The maximum Gasteiger partial charge on any atom is 0.0233 e. The van der Waals surface area contributed by atoms with E-state index in [1.54, 1.807) is 0 Å². The van der Waals surface area contributed by atoms with Crippen molar-refractivity contribution < 1.29 is 0 Å². The van der Waals surface area contributed by atoms with Crippen molar-refractivity contribution in [2.75, 3.05) is 19.6 Å². The van der Waals surface area contributed by atoms with Crippen LogP contribution < -0.4 is 0 Å². The average molecular weight is 207 g/mol. The van der Waals surface area contributed by atoms with Gasteiger partial charge in [-0.1, -0.05) is 38.5 Å². The van der Waals surface area contributed by atoms with Gasteiger partial charge in [0.05, 0.1) is 0 Å². The lowest BCUT2D eigenvalue weighted by Crippen LogP contribution is -2.22. The monoisotopic (exact) mass is 207 g/mol. The smallest absolute Gasteiger partial charge is 0.0233 e. The normalized spacial score (nSPS) is 18.4. The first-order valence-electron chi connectivity index (χ1n) is 6.37. The Labute approximate surface area is 94.9 Å². The van der Waals surface area contributed by atoms with Gasteiger partial charge in [-0.2, -0.15) is 0 Å². The van der Waals surface area contributed by atoms with Crippen molar-refractivity contribution in [3.8, 4) is 0 Å². The molecule has 0 bridgehead atoms. The molecule has 0 aromatic heterocycles. The maximum atomic E-state index is 4.21. The van der Waals surface area contributed by atoms with E-state index in [0.29, 0.717) is 0 Å². The van der Waals surface area contributed by atoms with E-state index >= 15 is 0 Å². The first kappa shape index (κ1) is 12.5. The first-order chi connectivity index (χ1) is 7.27. The Kier molecular flexibility index (Phi) is 5.70. The lowest BCUT2D eigenvalue weighted by Gasteiger charge is -2.18. The van der Waals surface area contributed by atoms with E-state index in [0.717, 1.165) is 19.4 Å². The minimum Gasteiger partial charge on any atom is -0.299 e. The highest BCUT2D eigenvalue weighted by Crippen LogP contribution is 2.18. The second-order valence-electron chi connectivity index (χ2n) is 4.47. The Balaban J connectivity index is 2.49. The van der Waals surface area contributed by atoms with Crippen molar-refractivity contribution in [3.63, 3.8) is 0 Å². The molecule has 0 N–H and O–H groups in total. The molecule has 1 rings (SSSR count). The maximum absolute atomic E-state index is 4.21. The average Bonchev–Trinajstić information content (AvgIpc) is 2.70. The molecule has 1 aliphatic rings. The fourth-order valence-electron chi connectivity index (χ4n) is 2.21. The van der Waals surface area contributed by atoms with Crippen LogP contribution in [0, 0.1) is 0 Å². The van der Waals surface area contributed by atoms with Crippen LogP contribution in [0.1, 0.15) is 46.0 Å². The van der Waals surface area contributed by atoms with Gasteiger partial charge in [0.15, 0.2) is 0 Å². The lowest BCUT2D eigenvalue weighted by atomic mass is 10.0. The predicted octanol–water partition coefficient (Wildman–Crippen LogP) is 3.77. The van der Waals surface area contributed by atoms with Crippen molar-refractivity contribution in [3.05, 3.63) is 23.8 Å². The molecule has 0 amide bonds. The zero-order valence-electron chi connectivity index (χ0n) is 10.4. The SMILES string of the molecule is C=C(CCC)/C(=C/CC)CN1CCCC1. The molecule has 0 atom stereocenters. The topological polar surface area (TPSA) is 3.24 Å². The molecule has 0 saturated carbocycles. The molecule has 0 aromatic carbocycles. The molecular formula is C14H25N. The second kappa shape index (κ2) is 6.84. The summed E-state index contributed by atoms with van der Waals surface area (Å²) in [6.07, 6.45) is 8.60. The van der Waals surface area contributed by atoms with E-state index < -0.39 is 0 Å². The minimum atomic E-state index is 1.13. The molecule has 0 spiro atoms. The fraction of sp³-hybridized carbons (Fsp3) is 0.714. The van der Waals surface area contributed by atoms with E-state index in [-0.39, 0.29) is 0 Å². The molecule has 1 heteroatoms. The van der Waals surface area contributed by atoms with Crippen LogP contribution in [0.15, 0.2) is 23.8 Å². The largest absolute Gasteiger partial charge is 0.299 e.